The number of nitrogens with zero attached hydrogens (tertiary/aromatic N) is 2. The van der Waals surface area contributed by atoms with Crippen LogP contribution in [-0.2, 0) is 0 Å². The van der Waals surface area contributed by atoms with Gasteiger partial charge < -0.3 is 5.32 Å². The van der Waals surface area contributed by atoms with Gasteiger partial charge in [0.25, 0.3) is 0 Å². The quantitative estimate of drug-likeness (QED) is 0.751. The van der Waals surface area contributed by atoms with Crippen molar-refractivity contribution >= 4 is 28.6 Å². The zero-order valence-corrected chi connectivity index (χ0v) is 12.7. The lowest BCUT2D eigenvalue weighted by Crippen LogP contribution is -2.20. The summed E-state index contributed by atoms with van der Waals surface area (Å²) in [6.45, 7) is 4.00. The Morgan fingerprint density at radius 2 is 1.78 bits per heavy atom. The summed E-state index contributed by atoms with van der Waals surface area (Å²) in [5.41, 5.74) is 4.08. The minimum atomic E-state index is -0.506. The van der Waals surface area contributed by atoms with Crippen molar-refractivity contribution in [3.05, 3.63) is 59.5 Å². The molecule has 0 saturated carbocycles. The van der Waals surface area contributed by atoms with Gasteiger partial charge in [-0.3, -0.25) is 10.3 Å². The summed E-state index contributed by atoms with van der Waals surface area (Å²) in [5.74, 6) is -0.0891. The van der Waals surface area contributed by atoms with Crippen LogP contribution in [0, 0.1) is 19.7 Å². The van der Waals surface area contributed by atoms with E-state index in [1.54, 1.807) is 6.07 Å². The molecule has 0 aliphatic carbocycles. The molecular weight excluding hydrogens is 295 g/mol. The van der Waals surface area contributed by atoms with Gasteiger partial charge in [-0.2, -0.15) is 0 Å². The second kappa shape index (κ2) is 6.00. The van der Waals surface area contributed by atoms with Crippen LogP contribution >= 0.6 is 0 Å². The Hall–Kier alpha value is -3.02. The normalized spacial score (nSPS) is 10.6. The summed E-state index contributed by atoms with van der Waals surface area (Å²) < 4.78 is 13.1. The summed E-state index contributed by atoms with van der Waals surface area (Å²) in [4.78, 5) is 20.6. The fourth-order valence-corrected chi connectivity index (χ4v) is 2.17. The topological polar surface area (TPSA) is 66.9 Å². The van der Waals surface area contributed by atoms with Gasteiger partial charge >= 0.3 is 6.03 Å². The maximum atomic E-state index is 13.1. The highest BCUT2D eigenvalue weighted by Gasteiger charge is 2.07. The van der Waals surface area contributed by atoms with E-state index in [0.717, 1.165) is 16.6 Å². The monoisotopic (exact) mass is 310 g/mol. The van der Waals surface area contributed by atoms with E-state index < -0.39 is 11.8 Å². The lowest BCUT2D eigenvalue weighted by molar-refractivity contribution is 0.262. The molecule has 3 rings (SSSR count). The molecule has 3 aromatic rings. The van der Waals surface area contributed by atoms with Crippen LogP contribution in [-0.4, -0.2) is 16.0 Å². The van der Waals surface area contributed by atoms with Crippen LogP contribution in [0.4, 0.5) is 20.7 Å². The van der Waals surface area contributed by atoms with Crippen molar-refractivity contribution in [2.24, 2.45) is 0 Å². The average Bonchev–Trinajstić information content (AvgIpc) is 2.48. The number of urea groups is 1. The molecule has 0 radical (unpaired) electrons. The average molecular weight is 310 g/mol. The predicted molar refractivity (Wildman–Crippen MR) is 88.1 cm³/mol. The Bertz CT molecular complexity index is 895. The molecule has 0 unspecified atom stereocenters. The number of benzene rings is 2. The summed E-state index contributed by atoms with van der Waals surface area (Å²) >= 11 is 0. The van der Waals surface area contributed by atoms with Crippen molar-refractivity contribution < 1.29 is 9.18 Å². The lowest BCUT2D eigenvalue weighted by atomic mass is 10.1. The summed E-state index contributed by atoms with van der Waals surface area (Å²) in [6.07, 6.45) is 1.49. The molecule has 6 heteroatoms. The number of nitrogens with one attached hydrogen (secondary N) is 2. The number of fused-ring (bicyclic) bond motifs is 1. The fraction of sp³-hybridized carbons (Fsp3) is 0.118. The first kappa shape index (κ1) is 14.9. The van der Waals surface area contributed by atoms with E-state index in [0.29, 0.717) is 17.0 Å². The van der Waals surface area contributed by atoms with Gasteiger partial charge in [0, 0.05) is 5.69 Å². The minimum absolute atomic E-state index is 0.328. The Morgan fingerprint density at radius 3 is 2.52 bits per heavy atom. The van der Waals surface area contributed by atoms with E-state index >= 15 is 0 Å². The molecule has 5 nitrogen and oxygen atoms in total. The van der Waals surface area contributed by atoms with Gasteiger partial charge in [0.1, 0.15) is 5.82 Å². The van der Waals surface area contributed by atoms with E-state index in [2.05, 4.69) is 20.6 Å². The van der Waals surface area contributed by atoms with Gasteiger partial charge in [0.05, 0.1) is 17.2 Å². The number of amides is 2. The third-order valence-electron chi connectivity index (χ3n) is 3.48. The third kappa shape index (κ3) is 3.42. The molecule has 2 aromatic carbocycles. The van der Waals surface area contributed by atoms with Crippen LogP contribution in [0.15, 0.2) is 42.6 Å². The van der Waals surface area contributed by atoms with Gasteiger partial charge in [-0.05, 0) is 55.3 Å². The van der Waals surface area contributed by atoms with Gasteiger partial charge in [-0.15, -0.1) is 0 Å². The smallest absolute Gasteiger partial charge is 0.308 e. The van der Waals surface area contributed by atoms with Gasteiger partial charge in [0.2, 0.25) is 0 Å². The highest BCUT2D eigenvalue weighted by atomic mass is 19.1. The largest absolute Gasteiger partial charge is 0.324 e. The molecule has 1 aromatic heterocycles. The zero-order valence-electron chi connectivity index (χ0n) is 12.7. The lowest BCUT2D eigenvalue weighted by Gasteiger charge is -2.08. The SMILES string of the molecule is Cc1cc2ncc(NC(=O)Nc3cccc(F)c3)nc2cc1C. The maximum absolute atomic E-state index is 13.1. The second-order valence-electron chi connectivity index (χ2n) is 5.27. The Balaban J connectivity index is 1.78. The molecule has 0 bridgehead atoms. The zero-order chi connectivity index (χ0) is 16.4. The number of hydrogen-bond acceptors (Lipinski definition) is 3. The molecule has 0 aliphatic heterocycles. The number of rotatable bonds is 2. The van der Waals surface area contributed by atoms with Crippen LogP contribution in [0.2, 0.25) is 0 Å². The van der Waals surface area contributed by atoms with E-state index in [1.807, 2.05) is 26.0 Å². The number of aromatic nitrogens is 2. The first-order valence-electron chi connectivity index (χ1n) is 7.09. The van der Waals surface area contributed by atoms with Crippen LogP contribution in [0.1, 0.15) is 11.1 Å². The summed E-state index contributed by atoms with van der Waals surface area (Å²) in [5, 5.41) is 5.13. The highest BCUT2D eigenvalue weighted by molar-refractivity contribution is 5.99. The van der Waals surface area contributed by atoms with Crippen molar-refractivity contribution in [1.82, 2.24) is 9.97 Å². The fourth-order valence-electron chi connectivity index (χ4n) is 2.17. The number of hydrogen-bond donors (Lipinski definition) is 2. The van der Waals surface area contributed by atoms with Crippen LogP contribution in [0.3, 0.4) is 0 Å². The molecule has 23 heavy (non-hydrogen) atoms. The Kier molecular flexibility index (Phi) is 3.89. The first-order valence-corrected chi connectivity index (χ1v) is 7.09. The number of aryl methyl sites for hydroxylation is 2. The second-order valence-corrected chi connectivity index (χ2v) is 5.27. The van der Waals surface area contributed by atoms with Crippen molar-refractivity contribution in [3.63, 3.8) is 0 Å². The third-order valence-corrected chi connectivity index (χ3v) is 3.48. The van der Waals surface area contributed by atoms with Crippen molar-refractivity contribution in [2.45, 2.75) is 13.8 Å². The van der Waals surface area contributed by atoms with Crippen LogP contribution < -0.4 is 10.6 Å². The van der Waals surface area contributed by atoms with Gasteiger partial charge in [-0.1, -0.05) is 6.07 Å². The van der Waals surface area contributed by atoms with Crippen molar-refractivity contribution in [3.8, 4) is 0 Å². The number of carbonyl (C=O) groups is 1. The molecule has 0 atom stereocenters. The Morgan fingerprint density at radius 1 is 1.04 bits per heavy atom. The number of carbonyl (C=O) groups excluding carboxylic acids is 1. The van der Waals surface area contributed by atoms with Gasteiger partial charge in [-0.25, -0.2) is 14.2 Å². The van der Waals surface area contributed by atoms with E-state index in [-0.39, 0.29) is 0 Å². The van der Waals surface area contributed by atoms with Crippen molar-refractivity contribution in [2.75, 3.05) is 10.6 Å². The number of halogens is 1. The van der Waals surface area contributed by atoms with E-state index in [9.17, 15) is 9.18 Å². The van der Waals surface area contributed by atoms with Gasteiger partial charge in [0.15, 0.2) is 5.82 Å². The Labute approximate surface area is 132 Å². The molecule has 0 spiro atoms. The van der Waals surface area contributed by atoms with E-state index in [4.69, 9.17) is 0 Å². The molecule has 2 N–H and O–H groups in total. The van der Waals surface area contributed by atoms with Crippen LogP contribution in [0.25, 0.3) is 11.0 Å². The maximum Gasteiger partial charge on any atom is 0.324 e. The molecule has 0 fully saturated rings. The molecular formula is C17H15FN4O. The predicted octanol–water partition coefficient (Wildman–Crippen LogP) is 4.03. The van der Waals surface area contributed by atoms with E-state index in [1.165, 1.54) is 24.4 Å². The van der Waals surface area contributed by atoms with Crippen molar-refractivity contribution in [1.29, 1.82) is 0 Å². The molecule has 1 heterocycles. The van der Waals surface area contributed by atoms with Crippen LogP contribution in [0.5, 0.6) is 0 Å². The molecule has 0 aliphatic rings. The minimum Gasteiger partial charge on any atom is -0.308 e. The standard InChI is InChI=1S/C17H15FN4O/c1-10-6-14-15(7-11(10)2)21-16(9-19-14)22-17(23)20-13-5-3-4-12(18)8-13/h3-9H,1-2H3,(H2,20,21,22,23). The molecule has 0 saturated heterocycles. The highest BCUT2D eigenvalue weighted by Crippen LogP contribution is 2.17. The number of anilines is 2. The first-order chi connectivity index (χ1) is 11.0. The summed E-state index contributed by atoms with van der Waals surface area (Å²) in [7, 11) is 0. The summed E-state index contributed by atoms with van der Waals surface area (Å²) in [6, 6.07) is 9.03. The molecule has 116 valence electrons. The molecule has 2 amide bonds.